The van der Waals surface area contributed by atoms with Gasteiger partial charge in [0.25, 0.3) is 0 Å². The molecule has 0 aliphatic heterocycles. The van der Waals surface area contributed by atoms with E-state index in [1.54, 1.807) is 30.3 Å². The van der Waals surface area contributed by atoms with E-state index in [2.05, 4.69) is 40.7 Å². The molecule has 1 saturated carbocycles. The summed E-state index contributed by atoms with van der Waals surface area (Å²) in [6, 6.07) is 15.1. The van der Waals surface area contributed by atoms with Gasteiger partial charge >= 0.3 is 0 Å². The largest absolute Gasteiger partial charge is 0.299 e. The number of nitrogens with zero attached hydrogens (tertiary/aromatic N) is 1. The summed E-state index contributed by atoms with van der Waals surface area (Å²) in [5.41, 5.74) is 3.64. The molecule has 0 spiro atoms. The minimum atomic E-state index is -0.243. The Bertz CT molecular complexity index is 1020. The third-order valence-electron chi connectivity index (χ3n) is 7.80. The lowest BCUT2D eigenvalue weighted by Gasteiger charge is -2.34. The highest BCUT2D eigenvalue weighted by Gasteiger charge is 2.34. The van der Waals surface area contributed by atoms with E-state index in [-0.39, 0.29) is 17.6 Å². The Morgan fingerprint density at radius 1 is 0.800 bits per heavy atom. The predicted molar refractivity (Wildman–Crippen MR) is 139 cm³/mol. The van der Waals surface area contributed by atoms with Gasteiger partial charge in [-0.05, 0) is 78.8 Å². The summed E-state index contributed by atoms with van der Waals surface area (Å²) in [6.45, 7) is 12.5. The molecule has 2 aliphatic rings. The van der Waals surface area contributed by atoms with Gasteiger partial charge in [-0.2, -0.15) is 5.26 Å². The van der Waals surface area contributed by atoms with Crippen LogP contribution >= 0.6 is 0 Å². The van der Waals surface area contributed by atoms with Gasteiger partial charge in [-0.1, -0.05) is 63.6 Å². The minimum Gasteiger partial charge on any atom is -0.299 e. The summed E-state index contributed by atoms with van der Waals surface area (Å²) in [6.07, 6.45) is 5.15. The van der Waals surface area contributed by atoms with Gasteiger partial charge in [-0.25, -0.2) is 8.78 Å². The molecule has 2 aliphatic carbocycles. The van der Waals surface area contributed by atoms with E-state index in [4.69, 9.17) is 5.26 Å². The molecule has 4 rings (SSSR count). The molecule has 0 bridgehead atoms. The topological polar surface area (TPSA) is 40.9 Å². The SMILES string of the molecule is CC#N.CC1=CC[C@H](C)[C@@H](C)C1c1ccc(F)cc1.C[C@@H]1[C@@H](C)CCC(=O)[C@H]1c1ccc(F)cc1. The van der Waals surface area contributed by atoms with Crippen molar-refractivity contribution in [2.24, 2.45) is 23.7 Å². The zero-order chi connectivity index (χ0) is 26.1. The normalized spacial score (nSPS) is 27.9. The van der Waals surface area contributed by atoms with Crippen LogP contribution in [-0.4, -0.2) is 5.78 Å². The Hall–Kier alpha value is -2.80. The molecule has 0 heterocycles. The Kier molecular flexibility index (Phi) is 10.8. The summed E-state index contributed by atoms with van der Waals surface area (Å²) in [5, 5.41) is 7.32. The average Bonchev–Trinajstić information content (AvgIpc) is 2.83. The third kappa shape index (κ3) is 7.59. The van der Waals surface area contributed by atoms with Crippen LogP contribution in [0.3, 0.4) is 0 Å². The molecule has 1 fully saturated rings. The van der Waals surface area contributed by atoms with E-state index >= 15 is 0 Å². The molecule has 188 valence electrons. The van der Waals surface area contributed by atoms with Gasteiger partial charge in [0, 0.05) is 25.2 Å². The molecular formula is C31H39F2NO. The van der Waals surface area contributed by atoms with Crippen LogP contribution in [0, 0.1) is 46.6 Å². The summed E-state index contributed by atoms with van der Waals surface area (Å²) >= 11 is 0. The maximum absolute atomic E-state index is 12.9. The molecule has 6 atom stereocenters. The van der Waals surface area contributed by atoms with Crippen molar-refractivity contribution in [1.29, 1.82) is 5.26 Å². The van der Waals surface area contributed by atoms with Gasteiger partial charge in [-0.3, -0.25) is 4.79 Å². The summed E-state index contributed by atoms with van der Waals surface area (Å²) in [4.78, 5) is 11.9. The molecular weight excluding hydrogens is 440 g/mol. The molecule has 0 N–H and O–H groups in total. The van der Waals surface area contributed by atoms with Crippen LogP contribution in [0.1, 0.15) is 83.8 Å². The van der Waals surface area contributed by atoms with Crippen molar-refractivity contribution in [2.75, 3.05) is 0 Å². The van der Waals surface area contributed by atoms with E-state index in [9.17, 15) is 13.6 Å². The van der Waals surface area contributed by atoms with Gasteiger partial charge in [-0.15, -0.1) is 0 Å². The van der Waals surface area contributed by atoms with Crippen LogP contribution in [0.25, 0.3) is 0 Å². The Morgan fingerprint density at radius 2 is 1.23 bits per heavy atom. The molecule has 0 amide bonds. The van der Waals surface area contributed by atoms with E-state index < -0.39 is 0 Å². The maximum atomic E-state index is 12.9. The second-order valence-corrected chi connectivity index (χ2v) is 10.1. The number of ketones is 1. The smallest absolute Gasteiger partial charge is 0.140 e. The van der Waals surface area contributed by atoms with Crippen LogP contribution < -0.4 is 0 Å². The van der Waals surface area contributed by atoms with Crippen LogP contribution in [0.2, 0.25) is 0 Å². The first-order valence-corrected chi connectivity index (χ1v) is 12.6. The number of carbonyl (C=O) groups excluding carboxylic acids is 1. The van der Waals surface area contributed by atoms with Gasteiger partial charge in [0.2, 0.25) is 0 Å². The summed E-state index contributed by atoms with van der Waals surface area (Å²) in [7, 11) is 0. The van der Waals surface area contributed by atoms with E-state index in [0.29, 0.717) is 41.8 Å². The first-order chi connectivity index (χ1) is 16.6. The number of hydrogen-bond donors (Lipinski definition) is 0. The van der Waals surface area contributed by atoms with Gasteiger partial charge in [0.1, 0.15) is 17.4 Å². The standard InChI is InChI=1S/C15H19F.C14H17FO.C2H3N/c1-10-4-5-11(2)15(12(10)3)13-6-8-14(16)9-7-13;1-9-3-8-13(16)14(10(9)2)11-4-6-12(15)7-5-11;1-2-3/h5-10,12,15H,4H2,1-3H3;4-7,9-10,14H,3,8H2,1-2H3;1H3/t10-,12+,15?;9-,10+,14+;/m00./s1. The number of allylic oxidation sites excluding steroid dienone is 2. The molecule has 35 heavy (non-hydrogen) atoms. The Labute approximate surface area is 210 Å². The van der Waals surface area contributed by atoms with E-state index in [0.717, 1.165) is 12.0 Å². The van der Waals surface area contributed by atoms with Crippen LogP contribution in [0.15, 0.2) is 60.2 Å². The van der Waals surface area contributed by atoms with Crippen molar-refractivity contribution < 1.29 is 13.6 Å². The molecule has 4 heteroatoms. The average molecular weight is 480 g/mol. The number of halogens is 2. The van der Waals surface area contributed by atoms with Crippen molar-refractivity contribution in [3.05, 3.63) is 82.9 Å². The van der Waals surface area contributed by atoms with E-state index in [1.165, 1.54) is 36.6 Å². The molecule has 2 aromatic carbocycles. The second-order valence-electron chi connectivity index (χ2n) is 10.1. The van der Waals surface area contributed by atoms with Crippen molar-refractivity contribution in [2.45, 2.75) is 72.6 Å². The molecule has 0 saturated heterocycles. The number of carbonyl (C=O) groups is 1. The Balaban J connectivity index is 0.000000222. The molecule has 1 unspecified atom stereocenters. The number of hydrogen-bond acceptors (Lipinski definition) is 2. The lowest BCUT2D eigenvalue weighted by Crippen LogP contribution is -2.30. The molecule has 2 aromatic rings. The van der Waals surface area contributed by atoms with Crippen molar-refractivity contribution in [3.63, 3.8) is 0 Å². The van der Waals surface area contributed by atoms with Gasteiger partial charge in [0.15, 0.2) is 0 Å². The first kappa shape index (κ1) is 28.4. The van der Waals surface area contributed by atoms with E-state index in [1.807, 2.05) is 12.1 Å². The van der Waals surface area contributed by atoms with Gasteiger partial charge < -0.3 is 0 Å². The quantitative estimate of drug-likeness (QED) is 0.405. The lowest BCUT2D eigenvalue weighted by molar-refractivity contribution is -0.124. The number of rotatable bonds is 2. The molecule has 0 aromatic heterocycles. The summed E-state index contributed by atoms with van der Waals surface area (Å²) in [5.74, 6) is 2.59. The lowest BCUT2D eigenvalue weighted by atomic mass is 9.70. The van der Waals surface area contributed by atoms with Gasteiger partial charge in [0.05, 0.1) is 6.07 Å². The highest BCUT2D eigenvalue weighted by Crippen LogP contribution is 2.41. The number of Topliss-reactive ketones (excluding diaryl/α,β-unsaturated/α-hetero) is 1. The van der Waals surface area contributed by atoms with Crippen LogP contribution in [-0.2, 0) is 4.79 Å². The van der Waals surface area contributed by atoms with Crippen molar-refractivity contribution >= 4 is 5.78 Å². The maximum Gasteiger partial charge on any atom is 0.140 e. The van der Waals surface area contributed by atoms with Crippen LogP contribution in [0.5, 0.6) is 0 Å². The second kappa shape index (κ2) is 13.3. The monoisotopic (exact) mass is 479 g/mol. The Morgan fingerprint density at radius 3 is 1.71 bits per heavy atom. The first-order valence-electron chi connectivity index (χ1n) is 12.6. The fraction of sp³-hybridized carbons (Fsp3) is 0.484. The van der Waals surface area contributed by atoms with Crippen molar-refractivity contribution in [1.82, 2.24) is 0 Å². The zero-order valence-electron chi connectivity index (χ0n) is 21.9. The zero-order valence-corrected chi connectivity index (χ0v) is 21.9. The predicted octanol–water partition coefficient (Wildman–Crippen LogP) is 8.61. The molecule has 2 nitrogen and oxygen atoms in total. The van der Waals surface area contributed by atoms with Crippen LogP contribution in [0.4, 0.5) is 8.78 Å². The number of nitriles is 1. The number of benzene rings is 2. The third-order valence-corrected chi connectivity index (χ3v) is 7.80. The summed E-state index contributed by atoms with van der Waals surface area (Å²) < 4.78 is 25.8. The highest BCUT2D eigenvalue weighted by atomic mass is 19.1. The molecule has 0 radical (unpaired) electrons. The fourth-order valence-electron chi connectivity index (χ4n) is 5.26. The highest BCUT2D eigenvalue weighted by molar-refractivity contribution is 5.86. The fourth-order valence-corrected chi connectivity index (χ4v) is 5.26. The minimum absolute atomic E-state index is 0.0376. The van der Waals surface area contributed by atoms with Crippen molar-refractivity contribution in [3.8, 4) is 6.07 Å².